The van der Waals surface area contributed by atoms with Crippen molar-refractivity contribution in [2.75, 3.05) is 19.7 Å². The van der Waals surface area contributed by atoms with Gasteiger partial charge >= 0.3 is 0 Å². The van der Waals surface area contributed by atoms with Gasteiger partial charge in [-0.3, -0.25) is 9.69 Å². The van der Waals surface area contributed by atoms with Gasteiger partial charge in [-0.15, -0.1) is 0 Å². The van der Waals surface area contributed by atoms with Gasteiger partial charge in [-0.05, 0) is 39.2 Å². The van der Waals surface area contributed by atoms with E-state index < -0.39 is 0 Å². The first-order valence-corrected chi connectivity index (χ1v) is 6.69. The van der Waals surface area contributed by atoms with Gasteiger partial charge in [0.1, 0.15) is 5.78 Å². The van der Waals surface area contributed by atoms with Gasteiger partial charge in [-0.2, -0.15) is 0 Å². The summed E-state index contributed by atoms with van der Waals surface area (Å²) in [5.74, 6) is 0.461. The minimum absolute atomic E-state index is 0.206. The Morgan fingerprint density at radius 3 is 2.94 bits per heavy atom. The Morgan fingerprint density at radius 1 is 1.31 bits per heavy atom. The Balaban J connectivity index is 1.89. The minimum atomic E-state index is 0.206. The summed E-state index contributed by atoms with van der Waals surface area (Å²) in [7, 11) is 0. The third-order valence-corrected chi connectivity index (χ3v) is 3.78. The molecule has 0 N–H and O–H groups in total. The number of Topliss-reactive ketones (excluding diaryl/α,β-unsaturated/α-hetero) is 1. The summed E-state index contributed by atoms with van der Waals surface area (Å²) in [6, 6.07) is 0.206. The summed E-state index contributed by atoms with van der Waals surface area (Å²) in [6.45, 7) is 4.88. The number of carbonyl (C=O) groups excluding carboxylic acids is 1. The lowest BCUT2D eigenvalue weighted by molar-refractivity contribution is -0.128. The number of nitrogens with zero attached hydrogens (tertiary/aromatic N) is 1. The summed E-state index contributed by atoms with van der Waals surface area (Å²) >= 11 is 0. The number of rotatable bonds is 3. The zero-order chi connectivity index (χ0) is 11.4. The summed E-state index contributed by atoms with van der Waals surface area (Å²) in [6.07, 6.45) is 6.86. The van der Waals surface area contributed by atoms with E-state index in [2.05, 4.69) is 4.90 Å². The van der Waals surface area contributed by atoms with Crippen LogP contribution in [0.5, 0.6) is 0 Å². The molecule has 2 atom stereocenters. The SMILES string of the molecule is CCOC1CCCN(C2CCCCC2=O)C1. The number of ether oxygens (including phenoxy) is 1. The van der Waals surface area contributed by atoms with Crippen molar-refractivity contribution in [3.05, 3.63) is 0 Å². The molecule has 0 radical (unpaired) electrons. The monoisotopic (exact) mass is 225 g/mol. The quantitative estimate of drug-likeness (QED) is 0.735. The van der Waals surface area contributed by atoms with Crippen LogP contribution in [0.1, 0.15) is 45.4 Å². The van der Waals surface area contributed by atoms with Gasteiger partial charge in [-0.1, -0.05) is 6.42 Å². The number of likely N-dealkylation sites (tertiary alicyclic amines) is 1. The molecule has 1 saturated heterocycles. The molecular formula is C13H23NO2. The first kappa shape index (κ1) is 12.1. The fraction of sp³-hybridized carbons (Fsp3) is 0.923. The van der Waals surface area contributed by atoms with Crippen molar-refractivity contribution >= 4 is 5.78 Å². The lowest BCUT2D eigenvalue weighted by Crippen LogP contribution is -2.49. The van der Waals surface area contributed by atoms with E-state index in [4.69, 9.17) is 4.74 Å². The van der Waals surface area contributed by atoms with E-state index in [0.29, 0.717) is 11.9 Å². The molecule has 1 heterocycles. The molecule has 0 amide bonds. The van der Waals surface area contributed by atoms with Crippen LogP contribution in [0.2, 0.25) is 0 Å². The molecule has 2 rings (SSSR count). The molecule has 2 unspecified atom stereocenters. The van der Waals surface area contributed by atoms with Crippen molar-refractivity contribution in [1.29, 1.82) is 0 Å². The normalized spacial score (nSPS) is 32.9. The van der Waals surface area contributed by atoms with E-state index in [1.165, 1.54) is 12.8 Å². The minimum Gasteiger partial charge on any atom is -0.377 e. The van der Waals surface area contributed by atoms with Crippen molar-refractivity contribution in [2.45, 2.75) is 57.6 Å². The maximum Gasteiger partial charge on any atom is 0.149 e. The lowest BCUT2D eigenvalue weighted by atomic mass is 9.91. The molecule has 0 aromatic carbocycles. The molecule has 16 heavy (non-hydrogen) atoms. The molecule has 1 aliphatic heterocycles. The van der Waals surface area contributed by atoms with Gasteiger partial charge in [0.05, 0.1) is 12.1 Å². The predicted molar refractivity (Wildman–Crippen MR) is 63.5 cm³/mol. The van der Waals surface area contributed by atoms with Crippen LogP contribution in [0.3, 0.4) is 0 Å². The first-order chi connectivity index (χ1) is 7.81. The van der Waals surface area contributed by atoms with Gasteiger partial charge in [0.15, 0.2) is 0 Å². The summed E-state index contributed by atoms with van der Waals surface area (Å²) in [5, 5.41) is 0. The molecule has 3 nitrogen and oxygen atoms in total. The highest BCUT2D eigenvalue weighted by molar-refractivity contribution is 5.84. The van der Waals surface area contributed by atoms with Crippen LogP contribution >= 0.6 is 0 Å². The second-order valence-corrected chi connectivity index (χ2v) is 4.94. The zero-order valence-electron chi connectivity index (χ0n) is 10.3. The fourth-order valence-corrected chi connectivity index (χ4v) is 2.97. The summed E-state index contributed by atoms with van der Waals surface area (Å²) in [5.41, 5.74) is 0. The number of piperidine rings is 1. The van der Waals surface area contributed by atoms with Crippen LogP contribution in [0.25, 0.3) is 0 Å². The van der Waals surface area contributed by atoms with Crippen molar-refractivity contribution in [2.24, 2.45) is 0 Å². The number of carbonyl (C=O) groups is 1. The Bertz CT molecular complexity index is 240. The second-order valence-electron chi connectivity index (χ2n) is 4.94. The zero-order valence-corrected chi connectivity index (χ0v) is 10.3. The van der Waals surface area contributed by atoms with Gasteiger partial charge in [0.25, 0.3) is 0 Å². The lowest BCUT2D eigenvalue weighted by Gasteiger charge is -2.38. The molecule has 2 aliphatic rings. The van der Waals surface area contributed by atoms with Crippen molar-refractivity contribution < 1.29 is 9.53 Å². The molecular weight excluding hydrogens is 202 g/mol. The van der Waals surface area contributed by atoms with Crippen LogP contribution in [-0.2, 0) is 9.53 Å². The first-order valence-electron chi connectivity index (χ1n) is 6.69. The highest BCUT2D eigenvalue weighted by Gasteiger charge is 2.31. The van der Waals surface area contributed by atoms with Crippen LogP contribution in [0.15, 0.2) is 0 Å². The van der Waals surface area contributed by atoms with Gasteiger partial charge in [-0.25, -0.2) is 0 Å². The Labute approximate surface area is 98.1 Å². The molecule has 3 heteroatoms. The van der Waals surface area contributed by atoms with E-state index in [1.807, 2.05) is 6.92 Å². The van der Waals surface area contributed by atoms with E-state index >= 15 is 0 Å². The highest BCUT2D eigenvalue weighted by Crippen LogP contribution is 2.23. The largest absolute Gasteiger partial charge is 0.377 e. The van der Waals surface area contributed by atoms with Gasteiger partial charge in [0, 0.05) is 19.6 Å². The highest BCUT2D eigenvalue weighted by atomic mass is 16.5. The van der Waals surface area contributed by atoms with E-state index in [0.717, 1.165) is 45.4 Å². The summed E-state index contributed by atoms with van der Waals surface area (Å²) in [4.78, 5) is 14.2. The van der Waals surface area contributed by atoms with Crippen LogP contribution in [-0.4, -0.2) is 42.5 Å². The Morgan fingerprint density at radius 2 is 2.19 bits per heavy atom. The molecule has 2 fully saturated rings. The third-order valence-electron chi connectivity index (χ3n) is 3.78. The Hall–Kier alpha value is -0.410. The number of hydrogen-bond acceptors (Lipinski definition) is 3. The van der Waals surface area contributed by atoms with Crippen molar-refractivity contribution in [1.82, 2.24) is 4.90 Å². The van der Waals surface area contributed by atoms with E-state index in [1.54, 1.807) is 0 Å². The average Bonchev–Trinajstić information content (AvgIpc) is 2.30. The smallest absolute Gasteiger partial charge is 0.149 e. The van der Waals surface area contributed by atoms with Crippen LogP contribution < -0.4 is 0 Å². The molecule has 0 bridgehead atoms. The van der Waals surface area contributed by atoms with E-state index in [-0.39, 0.29) is 6.04 Å². The molecule has 0 aromatic rings. The topological polar surface area (TPSA) is 29.5 Å². The second kappa shape index (κ2) is 5.78. The van der Waals surface area contributed by atoms with Gasteiger partial charge < -0.3 is 4.74 Å². The van der Waals surface area contributed by atoms with Crippen molar-refractivity contribution in [3.8, 4) is 0 Å². The maximum absolute atomic E-state index is 11.9. The van der Waals surface area contributed by atoms with Crippen LogP contribution in [0, 0.1) is 0 Å². The fourth-order valence-electron chi connectivity index (χ4n) is 2.97. The molecule has 0 aromatic heterocycles. The standard InChI is InChI=1S/C13H23NO2/c1-2-16-11-6-5-9-14(10-11)12-7-3-4-8-13(12)15/h11-12H,2-10H2,1H3. The Kier molecular flexibility index (Phi) is 4.36. The van der Waals surface area contributed by atoms with Crippen LogP contribution in [0.4, 0.5) is 0 Å². The molecule has 1 saturated carbocycles. The molecule has 1 aliphatic carbocycles. The predicted octanol–water partition coefficient (Wildman–Crippen LogP) is 2.00. The molecule has 0 spiro atoms. The number of ketones is 1. The number of hydrogen-bond donors (Lipinski definition) is 0. The third kappa shape index (κ3) is 2.83. The van der Waals surface area contributed by atoms with Crippen molar-refractivity contribution in [3.63, 3.8) is 0 Å². The van der Waals surface area contributed by atoms with Gasteiger partial charge in [0.2, 0.25) is 0 Å². The average molecular weight is 225 g/mol. The maximum atomic E-state index is 11.9. The summed E-state index contributed by atoms with van der Waals surface area (Å²) < 4.78 is 5.69. The van der Waals surface area contributed by atoms with E-state index in [9.17, 15) is 4.79 Å². The molecule has 92 valence electrons.